The van der Waals surface area contributed by atoms with Gasteiger partial charge in [-0.2, -0.15) is 0 Å². The molecule has 0 aromatic heterocycles. The molecule has 1 saturated heterocycles. The molecule has 0 aliphatic carbocycles. The van der Waals surface area contributed by atoms with Gasteiger partial charge in [0.1, 0.15) is 6.23 Å². The molecule has 1 aliphatic heterocycles. The normalized spacial score (nSPS) is 30.0. The lowest BCUT2D eigenvalue weighted by Gasteiger charge is -2.10. The largest absolute Gasteiger partial charge is 0.378 e. The average Bonchev–Trinajstić information content (AvgIpc) is 1.91. The van der Waals surface area contributed by atoms with Crippen molar-refractivity contribution in [2.75, 3.05) is 13.6 Å². The first kappa shape index (κ1) is 7.92. The van der Waals surface area contributed by atoms with E-state index in [1.54, 1.807) is 0 Å². The molecule has 50 valence electrons. The highest BCUT2D eigenvalue weighted by atomic mass is 16.3. The van der Waals surface area contributed by atoms with Gasteiger partial charge in [0.15, 0.2) is 0 Å². The van der Waals surface area contributed by atoms with Gasteiger partial charge in [0.05, 0.1) is 0 Å². The molecule has 1 aliphatic rings. The van der Waals surface area contributed by atoms with Crippen molar-refractivity contribution >= 4 is 0 Å². The van der Waals surface area contributed by atoms with E-state index >= 15 is 0 Å². The molecule has 0 spiro atoms. The van der Waals surface area contributed by atoms with E-state index in [0.29, 0.717) is 0 Å². The summed E-state index contributed by atoms with van der Waals surface area (Å²) in [6, 6.07) is 0. The van der Waals surface area contributed by atoms with Crippen LogP contribution in [0.5, 0.6) is 0 Å². The molecule has 2 nitrogen and oxygen atoms in total. The monoisotopic (exact) mass is 117 g/mol. The molecule has 2 heteroatoms. The fourth-order valence-electron chi connectivity index (χ4n) is 0.893. The van der Waals surface area contributed by atoms with E-state index in [9.17, 15) is 0 Å². The lowest BCUT2D eigenvalue weighted by Crippen LogP contribution is -2.23. The number of hydrogen-bond donors (Lipinski definition) is 1. The minimum absolute atomic E-state index is 0. The minimum Gasteiger partial charge on any atom is -0.378 e. The van der Waals surface area contributed by atoms with Gasteiger partial charge in [-0.05, 0) is 19.9 Å². The highest BCUT2D eigenvalue weighted by Gasteiger charge is 2.16. The van der Waals surface area contributed by atoms with Crippen LogP contribution in [0.3, 0.4) is 0 Å². The first-order valence-electron chi connectivity index (χ1n) is 2.69. The van der Waals surface area contributed by atoms with Crippen molar-refractivity contribution in [3.63, 3.8) is 0 Å². The first-order chi connectivity index (χ1) is 3.30. The van der Waals surface area contributed by atoms with Gasteiger partial charge in [-0.15, -0.1) is 0 Å². The first-order valence-corrected chi connectivity index (χ1v) is 2.69. The Hall–Kier alpha value is -0.0800. The topological polar surface area (TPSA) is 23.5 Å². The molecule has 0 saturated carbocycles. The van der Waals surface area contributed by atoms with Crippen LogP contribution < -0.4 is 0 Å². The Morgan fingerprint density at radius 3 is 2.38 bits per heavy atom. The zero-order valence-electron chi connectivity index (χ0n) is 4.59. The lowest BCUT2D eigenvalue weighted by atomic mass is 10.4. The highest BCUT2D eigenvalue weighted by molar-refractivity contribution is 4.64. The Bertz CT molecular complexity index is 57.5. The second-order valence-corrected chi connectivity index (χ2v) is 2.10. The zero-order valence-corrected chi connectivity index (χ0v) is 4.59. The molecule has 1 fully saturated rings. The quantitative estimate of drug-likeness (QED) is 0.504. The van der Waals surface area contributed by atoms with E-state index in [2.05, 4.69) is 0 Å². The third-order valence-corrected chi connectivity index (χ3v) is 1.48. The molecule has 0 amide bonds. The van der Waals surface area contributed by atoms with E-state index in [1.165, 1.54) is 0 Å². The Kier molecular flexibility index (Phi) is 3.02. The van der Waals surface area contributed by atoms with Crippen LogP contribution in [0.2, 0.25) is 0 Å². The number of aliphatic hydroxyl groups is 1. The standard InChI is InChI=1S/C5H11NO.CH4/c1-6-4-2-3-5(6)7;/h5,7H,2-4H2,1H3;1H4. The van der Waals surface area contributed by atoms with Crippen molar-refractivity contribution in [2.24, 2.45) is 0 Å². The van der Waals surface area contributed by atoms with Gasteiger partial charge in [0, 0.05) is 6.54 Å². The third-order valence-electron chi connectivity index (χ3n) is 1.48. The number of nitrogens with zero attached hydrogens (tertiary/aromatic N) is 1. The van der Waals surface area contributed by atoms with Crippen molar-refractivity contribution in [1.29, 1.82) is 0 Å². The fourth-order valence-corrected chi connectivity index (χ4v) is 0.893. The van der Waals surface area contributed by atoms with Crippen LogP contribution >= 0.6 is 0 Å². The molecule has 1 heterocycles. The predicted molar refractivity (Wildman–Crippen MR) is 34.6 cm³/mol. The maximum Gasteiger partial charge on any atom is 0.107 e. The Morgan fingerprint density at radius 1 is 1.62 bits per heavy atom. The highest BCUT2D eigenvalue weighted by Crippen LogP contribution is 2.10. The molecule has 1 atom stereocenters. The fraction of sp³-hybridized carbons (Fsp3) is 1.00. The summed E-state index contributed by atoms with van der Waals surface area (Å²) in [5.74, 6) is 0. The van der Waals surface area contributed by atoms with Crippen molar-refractivity contribution in [1.82, 2.24) is 4.90 Å². The van der Waals surface area contributed by atoms with Crippen LogP contribution in [-0.2, 0) is 0 Å². The summed E-state index contributed by atoms with van der Waals surface area (Å²) in [7, 11) is 1.94. The molecule has 1 unspecified atom stereocenters. The summed E-state index contributed by atoms with van der Waals surface area (Å²) in [6.07, 6.45) is 1.95. The number of aliphatic hydroxyl groups excluding tert-OH is 1. The summed E-state index contributed by atoms with van der Waals surface area (Å²) in [6.45, 7) is 1.06. The number of hydrogen-bond acceptors (Lipinski definition) is 2. The molecule has 8 heavy (non-hydrogen) atoms. The van der Waals surface area contributed by atoms with Crippen LogP contribution in [-0.4, -0.2) is 29.8 Å². The third kappa shape index (κ3) is 1.46. The summed E-state index contributed by atoms with van der Waals surface area (Å²) in [5.41, 5.74) is 0. The second-order valence-electron chi connectivity index (χ2n) is 2.10. The zero-order chi connectivity index (χ0) is 5.28. The molecule has 0 radical (unpaired) electrons. The van der Waals surface area contributed by atoms with E-state index in [0.717, 1.165) is 19.4 Å². The maximum absolute atomic E-state index is 8.92. The smallest absolute Gasteiger partial charge is 0.107 e. The summed E-state index contributed by atoms with van der Waals surface area (Å²) >= 11 is 0. The van der Waals surface area contributed by atoms with Crippen molar-refractivity contribution < 1.29 is 5.11 Å². The predicted octanol–water partition coefficient (Wildman–Crippen LogP) is 0.666. The van der Waals surface area contributed by atoms with E-state index in [4.69, 9.17) is 5.11 Å². The van der Waals surface area contributed by atoms with Gasteiger partial charge < -0.3 is 5.11 Å². The number of rotatable bonds is 0. The van der Waals surface area contributed by atoms with Gasteiger partial charge >= 0.3 is 0 Å². The Morgan fingerprint density at radius 2 is 2.25 bits per heavy atom. The van der Waals surface area contributed by atoms with Crippen molar-refractivity contribution in [3.8, 4) is 0 Å². The molecule has 0 aromatic carbocycles. The Balaban J connectivity index is 0.000000490. The molecule has 1 N–H and O–H groups in total. The van der Waals surface area contributed by atoms with E-state index < -0.39 is 0 Å². The van der Waals surface area contributed by atoms with E-state index in [-0.39, 0.29) is 13.7 Å². The van der Waals surface area contributed by atoms with Crippen LogP contribution in [0.15, 0.2) is 0 Å². The maximum atomic E-state index is 8.92. The second kappa shape index (κ2) is 3.05. The molecular formula is C6H15NO. The van der Waals surface area contributed by atoms with Crippen LogP contribution in [0, 0.1) is 0 Å². The minimum atomic E-state index is -0.153. The van der Waals surface area contributed by atoms with E-state index in [1.807, 2.05) is 11.9 Å². The summed E-state index contributed by atoms with van der Waals surface area (Å²) in [4.78, 5) is 1.96. The van der Waals surface area contributed by atoms with Gasteiger partial charge in [-0.1, -0.05) is 7.43 Å². The SMILES string of the molecule is C.CN1CCCC1O. The molecular weight excluding hydrogens is 102 g/mol. The van der Waals surface area contributed by atoms with Crippen LogP contribution in [0.4, 0.5) is 0 Å². The van der Waals surface area contributed by atoms with Crippen molar-refractivity contribution in [2.45, 2.75) is 26.5 Å². The summed E-state index contributed by atoms with van der Waals surface area (Å²) in [5, 5.41) is 8.92. The summed E-state index contributed by atoms with van der Waals surface area (Å²) < 4.78 is 0. The Labute approximate surface area is 51.1 Å². The van der Waals surface area contributed by atoms with Gasteiger partial charge in [0.2, 0.25) is 0 Å². The van der Waals surface area contributed by atoms with Crippen molar-refractivity contribution in [3.05, 3.63) is 0 Å². The lowest BCUT2D eigenvalue weighted by molar-refractivity contribution is 0.0574. The average molecular weight is 117 g/mol. The number of likely N-dealkylation sites (tertiary alicyclic amines) is 1. The van der Waals surface area contributed by atoms with Crippen LogP contribution in [0.1, 0.15) is 20.3 Å². The van der Waals surface area contributed by atoms with Gasteiger partial charge in [-0.3, -0.25) is 4.90 Å². The van der Waals surface area contributed by atoms with Gasteiger partial charge in [-0.25, -0.2) is 0 Å². The molecule has 0 aromatic rings. The van der Waals surface area contributed by atoms with Gasteiger partial charge in [0.25, 0.3) is 0 Å². The molecule has 1 rings (SSSR count). The molecule has 0 bridgehead atoms. The van der Waals surface area contributed by atoms with Crippen LogP contribution in [0.25, 0.3) is 0 Å².